The number of rotatable bonds is 2. The van der Waals surface area contributed by atoms with Crippen LogP contribution in [-0.2, 0) is 11.0 Å². The number of anilines is 1. The first-order chi connectivity index (χ1) is 6.45. The second-order valence-electron chi connectivity index (χ2n) is 2.50. The van der Waals surface area contributed by atoms with Crippen LogP contribution in [0.15, 0.2) is 24.3 Å². The lowest BCUT2D eigenvalue weighted by molar-refractivity contribution is -0.137. The number of benzene rings is 1. The lowest BCUT2D eigenvalue weighted by atomic mass is 10.2. The molecule has 6 heteroatoms. The third kappa shape index (κ3) is 2.41. The summed E-state index contributed by atoms with van der Waals surface area (Å²) in [6.07, 6.45) is -4.09. The van der Waals surface area contributed by atoms with Gasteiger partial charge in [-0.2, -0.15) is 13.2 Å². The zero-order chi connectivity index (χ0) is 10.8. The Kier molecular flexibility index (Phi) is 3.05. The van der Waals surface area contributed by atoms with Gasteiger partial charge < -0.3 is 0 Å². The van der Waals surface area contributed by atoms with Gasteiger partial charge in [0.25, 0.3) is 0 Å². The highest BCUT2D eigenvalue weighted by molar-refractivity contribution is 7.82. The molecule has 1 rings (SSSR count). The monoisotopic (exact) mass is 221 g/mol. The summed E-state index contributed by atoms with van der Waals surface area (Å²) in [5.41, 5.74) is -0.728. The number of hydrogen-bond donors (Lipinski definition) is 1. The Balaban J connectivity index is 3.07. The molecule has 0 heterocycles. The van der Waals surface area contributed by atoms with Gasteiger partial charge in [0.1, 0.15) is 0 Å². The van der Waals surface area contributed by atoms with Crippen molar-refractivity contribution >= 4 is 24.9 Å². The largest absolute Gasteiger partial charge is 0.416 e. The summed E-state index contributed by atoms with van der Waals surface area (Å²) in [4.78, 5) is 10.2. The Morgan fingerprint density at radius 1 is 1.36 bits per heavy atom. The number of alkyl halides is 3. The molecule has 0 aliphatic heterocycles. The zero-order valence-electron chi connectivity index (χ0n) is 6.82. The molecule has 0 saturated heterocycles. The average molecular weight is 221 g/mol. The van der Waals surface area contributed by atoms with Crippen LogP contribution in [0.5, 0.6) is 0 Å². The molecule has 14 heavy (non-hydrogen) atoms. The van der Waals surface area contributed by atoms with Crippen molar-refractivity contribution in [3.63, 3.8) is 0 Å². The first-order valence-corrected chi connectivity index (χ1v) is 3.96. The molecule has 0 aliphatic carbocycles. The molecule has 0 unspecified atom stereocenters. The highest BCUT2D eigenvalue weighted by Gasteiger charge is 2.30. The van der Waals surface area contributed by atoms with Gasteiger partial charge in [0.05, 0.1) is 11.3 Å². The second-order valence-corrected chi connectivity index (χ2v) is 2.93. The minimum atomic E-state index is -4.41. The average Bonchev–Trinajstić information content (AvgIpc) is 2.15. The van der Waals surface area contributed by atoms with Gasteiger partial charge in [0.15, 0.2) is 0 Å². The van der Waals surface area contributed by atoms with E-state index >= 15 is 0 Å². The van der Waals surface area contributed by atoms with Gasteiger partial charge in [0, 0.05) is 0 Å². The molecule has 1 aromatic rings. The Bertz CT molecular complexity index is 340. The smallest absolute Gasteiger partial charge is 0.277 e. The highest BCUT2D eigenvalue weighted by atomic mass is 32.1. The van der Waals surface area contributed by atoms with E-state index in [1.54, 1.807) is 0 Å². The van der Waals surface area contributed by atoms with Gasteiger partial charge >= 0.3 is 6.18 Å². The molecule has 1 aromatic carbocycles. The summed E-state index contributed by atoms with van der Waals surface area (Å²) in [7, 11) is 0. The first kappa shape index (κ1) is 10.9. The van der Waals surface area contributed by atoms with E-state index in [0.29, 0.717) is 6.41 Å². The Hall–Kier alpha value is -1.17. The molecule has 0 atom stereocenters. The van der Waals surface area contributed by atoms with E-state index in [-0.39, 0.29) is 5.69 Å². The maximum atomic E-state index is 12.2. The molecule has 0 fully saturated rings. The van der Waals surface area contributed by atoms with Crippen molar-refractivity contribution in [2.45, 2.75) is 6.18 Å². The topological polar surface area (TPSA) is 20.3 Å². The fourth-order valence-corrected chi connectivity index (χ4v) is 1.01. The fraction of sp³-hybridized carbons (Fsp3) is 0.125. The number of hydrogen-bond acceptors (Lipinski definition) is 2. The Morgan fingerprint density at radius 3 is 2.50 bits per heavy atom. The molecule has 0 spiro atoms. The molecule has 76 valence electrons. The van der Waals surface area contributed by atoms with Crippen molar-refractivity contribution in [1.29, 1.82) is 0 Å². The molecular formula is C8H6F3NOS. The van der Waals surface area contributed by atoms with Crippen LogP contribution < -0.4 is 4.31 Å². The summed E-state index contributed by atoms with van der Waals surface area (Å²) in [6.45, 7) is 0. The highest BCUT2D eigenvalue weighted by Crippen LogP contribution is 2.31. The predicted octanol–water partition coefficient (Wildman–Crippen LogP) is 2.51. The van der Waals surface area contributed by atoms with Gasteiger partial charge in [-0.15, -0.1) is 0 Å². The zero-order valence-corrected chi connectivity index (χ0v) is 7.72. The van der Waals surface area contributed by atoms with E-state index in [2.05, 4.69) is 12.8 Å². The lowest BCUT2D eigenvalue weighted by Gasteiger charge is -2.12. The number of halogens is 3. The van der Waals surface area contributed by atoms with Crippen LogP contribution in [0.25, 0.3) is 0 Å². The number of nitrogens with zero attached hydrogens (tertiary/aromatic N) is 1. The van der Waals surface area contributed by atoms with Crippen molar-refractivity contribution in [2.75, 3.05) is 4.31 Å². The Labute approximate surface area is 83.9 Å². The maximum Gasteiger partial charge on any atom is 0.416 e. The molecule has 0 radical (unpaired) electrons. The van der Waals surface area contributed by atoms with Crippen molar-refractivity contribution in [3.05, 3.63) is 29.8 Å². The van der Waals surface area contributed by atoms with Crippen LogP contribution in [0, 0.1) is 0 Å². The van der Waals surface area contributed by atoms with Crippen molar-refractivity contribution in [2.24, 2.45) is 0 Å². The second kappa shape index (κ2) is 3.91. The Morgan fingerprint density at radius 2 is 2.00 bits per heavy atom. The standard InChI is InChI=1S/C8H6F3NOS/c9-8(10,11)6-2-1-3-7(4-6)12(14)5-13/h1-5,14H. The van der Waals surface area contributed by atoms with Gasteiger partial charge in [-0.3, -0.25) is 9.10 Å². The summed E-state index contributed by atoms with van der Waals surface area (Å²) in [5, 5.41) is 0. The van der Waals surface area contributed by atoms with E-state index < -0.39 is 11.7 Å². The number of amides is 1. The van der Waals surface area contributed by atoms with Crippen LogP contribution in [0.2, 0.25) is 0 Å². The van der Waals surface area contributed by atoms with E-state index in [9.17, 15) is 18.0 Å². The summed E-state index contributed by atoms with van der Waals surface area (Å²) in [5.74, 6) is 0. The van der Waals surface area contributed by atoms with Crippen LogP contribution in [0.3, 0.4) is 0 Å². The SMILES string of the molecule is O=CN(S)c1cccc(C(F)(F)F)c1. The van der Waals surface area contributed by atoms with Gasteiger partial charge in [-0.05, 0) is 18.2 Å². The molecule has 0 N–H and O–H groups in total. The molecule has 0 aliphatic rings. The van der Waals surface area contributed by atoms with Crippen molar-refractivity contribution in [1.82, 2.24) is 0 Å². The summed E-state index contributed by atoms with van der Waals surface area (Å²) >= 11 is 3.66. The maximum absolute atomic E-state index is 12.2. The predicted molar refractivity (Wildman–Crippen MR) is 49.0 cm³/mol. The van der Waals surface area contributed by atoms with Crippen LogP contribution in [0.4, 0.5) is 18.9 Å². The molecular weight excluding hydrogens is 215 g/mol. The first-order valence-electron chi connectivity index (χ1n) is 3.56. The molecule has 1 amide bonds. The van der Waals surface area contributed by atoms with Gasteiger partial charge in [-0.25, -0.2) is 0 Å². The van der Waals surface area contributed by atoms with Crippen LogP contribution in [0.1, 0.15) is 5.56 Å². The number of thiol groups is 1. The number of carbonyl (C=O) groups excluding carboxylic acids is 1. The van der Waals surface area contributed by atoms with E-state index in [0.717, 1.165) is 16.4 Å². The minimum Gasteiger partial charge on any atom is -0.277 e. The number of carbonyl (C=O) groups is 1. The van der Waals surface area contributed by atoms with Crippen LogP contribution in [-0.4, -0.2) is 6.41 Å². The minimum absolute atomic E-state index is 0.0816. The molecule has 0 saturated carbocycles. The molecule has 0 bridgehead atoms. The van der Waals surface area contributed by atoms with Crippen molar-refractivity contribution < 1.29 is 18.0 Å². The van der Waals surface area contributed by atoms with Crippen LogP contribution >= 0.6 is 12.8 Å². The lowest BCUT2D eigenvalue weighted by Crippen LogP contribution is -2.09. The van der Waals surface area contributed by atoms with Gasteiger partial charge in [-0.1, -0.05) is 18.9 Å². The van der Waals surface area contributed by atoms with E-state index in [4.69, 9.17) is 0 Å². The van der Waals surface area contributed by atoms with E-state index in [1.807, 2.05) is 0 Å². The molecule has 2 nitrogen and oxygen atoms in total. The van der Waals surface area contributed by atoms with Crippen molar-refractivity contribution in [3.8, 4) is 0 Å². The summed E-state index contributed by atoms with van der Waals surface area (Å²) < 4.78 is 37.4. The van der Waals surface area contributed by atoms with Gasteiger partial charge in [0.2, 0.25) is 6.41 Å². The fourth-order valence-electron chi connectivity index (χ4n) is 0.886. The summed E-state index contributed by atoms with van der Waals surface area (Å²) in [6, 6.07) is 4.35. The normalized spacial score (nSPS) is 11.1. The van der Waals surface area contributed by atoms with E-state index in [1.165, 1.54) is 12.1 Å². The third-order valence-corrected chi connectivity index (χ3v) is 1.86. The third-order valence-electron chi connectivity index (χ3n) is 1.54. The molecule has 0 aromatic heterocycles. The quantitative estimate of drug-likeness (QED) is 0.601.